The molecule has 2 heteroatoms. The third-order valence-electron chi connectivity index (χ3n) is 2.42. The van der Waals surface area contributed by atoms with Crippen LogP contribution in [0, 0.1) is 5.92 Å². The van der Waals surface area contributed by atoms with Crippen LogP contribution in [0.25, 0.3) is 11.6 Å². The summed E-state index contributed by atoms with van der Waals surface area (Å²) in [7, 11) is 0. The van der Waals surface area contributed by atoms with Crippen LogP contribution in [-0.2, 0) is 0 Å². The third kappa shape index (κ3) is 2.72. The molecule has 0 aromatic carbocycles. The fourth-order valence-corrected chi connectivity index (χ4v) is 1.74. The van der Waals surface area contributed by atoms with Crippen molar-refractivity contribution in [2.45, 2.75) is 27.7 Å². The molecule has 1 rings (SSSR count). The molecule has 0 atom stereocenters. The summed E-state index contributed by atoms with van der Waals surface area (Å²) in [5.41, 5.74) is 1.88. The fourth-order valence-electron chi connectivity index (χ4n) is 1.74. The first-order valence-electron chi connectivity index (χ1n) is 5.53. The molecule has 0 saturated carbocycles. The second-order valence-electron chi connectivity index (χ2n) is 3.93. The first kappa shape index (κ1) is 12.5. The Kier molecular flexibility index (Phi) is 4.29. The molecule has 0 spiro atoms. The Labute approximate surface area is 96.3 Å². The van der Waals surface area contributed by atoms with Crippen LogP contribution in [0.4, 0.5) is 0 Å². The lowest BCUT2D eigenvalue weighted by molar-refractivity contribution is 0.498. The molecule has 0 aliphatic heterocycles. The van der Waals surface area contributed by atoms with Gasteiger partial charge in [-0.25, -0.2) is 4.79 Å². The molecule has 2 nitrogen and oxygen atoms in total. The smallest absolute Gasteiger partial charge is 0.336 e. The van der Waals surface area contributed by atoms with Gasteiger partial charge in [-0.3, -0.25) is 0 Å². The van der Waals surface area contributed by atoms with Gasteiger partial charge in [0.05, 0.1) is 0 Å². The zero-order chi connectivity index (χ0) is 12.1. The zero-order valence-corrected chi connectivity index (χ0v) is 10.3. The maximum atomic E-state index is 11.2. The fraction of sp³-hybridized carbons (Fsp3) is 0.357. The second-order valence-corrected chi connectivity index (χ2v) is 3.93. The van der Waals surface area contributed by atoms with Gasteiger partial charge in [-0.15, -0.1) is 0 Å². The number of hydrogen-bond acceptors (Lipinski definition) is 2. The molecule has 86 valence electrons. The molecule has 0 unspecified atom stereocenters. The Morgan fingerprint density at radius 2 is 2.00 bits per heavy atom. The van der Waals surface area contributed by atoms with Gasteiger partial charge < -0.3 is 4.42 Å². The zero-order valence-electron chi connectivity index (χ0n) is 10.3. The summed E-state index contributed by atoms with van der Waals surface area (Å²) >= 11 is 0. The van der Waals surface area contributed by atoms with Gasteiger partial charge in [0.2, 0.25) is 0 Å². The number of rotatable bonds is 3. The van der Waals surface area contributed by atoms with Crippen molar-refractivity contribution in [1.29, 1.82) is 0 Å². The molecule has 1 aromatic rings. The molecule has 0 bridgehead atoms. The molecule has 0 amide bonds. The van der Waals surface area contributed by atoms with E-state index in [1.807, 2.05) is 32.1 Å². The van der Waals surface area contributed by atoms with E-state index in [9.17, 15) is 4.79 Å². The van der Waals surface area contributed by atoms with Crippen LogP contribution in [0.1, 0.15) is 39.0 Å². The predicted molar refractivity (Wildman–Crippen MR) is 68.2 cm³/mol. The van der Waals surface area contributed by atoms with E-state index in [0.29, 0.717) is 11.7 Å². The van der Waals surface area contributed by atoms with E-state index in [1.54, 1.807) is 0 Å². The monoisotopic (exact) mass is 218 g/mol. The standard InChI is InChI=1S/C14H18O2/c1-5-7-13-12(8-9-14(15)16-13)11(6-2)10(3)4/h5-10H,1-4H3/b7-5-,11-6-. The minimum absolute atomic E-state index is 0.309. The van der Waals surface area contributed by atoms with Crippen LogP contribution in [0.2, 0.25) is 0 Å². The van der Waals surface area contributed by atoms with Crippen molar-refractivity contribution in [2.24, 2.45) is 5.92 Å². The topological polar surface area (TPSA) is 30.2 Å². The van der Waals surface area contributed by atoms with Crippen molar-refractivity contribution >= 4 is 11.6 Å². The van der Waals surface area contributed by atoms with Gasteiger partial charge >= 0.3 is 5.63 Å². The Morgan fingerprint density at radius 1 is 1.31 bits per heavy atom. The van der Waals surface area contributed by atoms with Gasteiger partial charge in [0.15, 0.2) is 0 Å². The normalized spacial score (nSPS) is 12.7. The number of hydrogen-bond donors (Lipinski definition) is 0. The maximum absolute atomic E-state index is 11.2. The lowest BCUT2D eigenvalue weighted by atomic mass is 9.94. The molecule has 0 aliphatic carbocycles. The SMILES string of the molecule is C/C=C\c1oc(=O)ccc1/C(=C\C)C(C)C. The van der Waals surface area contributed by atoms with E-state index < -0.39 is 0 Å². The van der Waals surface area contributed by atoms with Crippen molar-refractivity contribution in [3.05, 3.63) is 46.0 Å². The van der Waals surface area contributed by atoms with Gasteiger partial charge in [0.25, 0.3) is 0 Å². The van der Waals surface area contributed by atoms with Crippen molar-refractivity contribution in [2.75, 3.05) is 0 Å². The molecular weight excluding hydrogens is 200 g/mol. The molecule has 0 fully saturated rings. The van der Waals surface area contributed by atoms with E-state index in [4.69, 9.17) is 4.42 Å². The first-order chi connectivity index (χ1) is 7.60. The summed E-state index contributed by atoms with van der Waals surface area (Å²) in [6.45, 7) is 8.15. The molecule has 1 aromatic heterocycles. The van der Waals surface area contributed by atoms with Crippen molar-refractivity contribution in [3.8, 4) is 0 Å². The summed E-state index contributed by atoms with van der Waals surface area (Å²) in [6.07, 6.45) is 5.75. The van der Waals surface area contributed by atoms with Gasteiger partial charge in [0.1, 0.15) is 5.76 Å². The average molecular weight is 218 g/mol. The lowest BCUT2D eigenvalue weighted by Gasteiger charge is -2.12. The minimum Gasteiger partial charge on any atom is -0.423 e. The highest BCUT2D eigenvalue weighted by atomic mass is 16.4. The molecule has 16 heavy (non-hydrogen) atoms. The quantitative estimate of drug-likeness (QED) is 0.773. The van der Waals surface area contributed by atoms with E-state index in [2.05, 4.69) is 19.9 Å². The van der Waals surface area contributed by atoms with Crippen LogP contribution < -0.4 is 5.63 Å². The lowest BCUT2D eigenvalue weighted by Crippen LogP contribution is -2.02. The predicted octanol–water partition coefficient (Wildman–Crippen LogP) is 3.73. The molecule has 0 radical (unpaired) electrons. The van der Waals surface area contributed by atoms with Gasteiger partial charge in [-0.05, 0) is 37.5 Å². The Hall–Kier alpha value is -1.57. The summed E-state index contributed by atoms with van der Waals surface area (Å²) in [5.74, 6) is 1.04. The second kappa shape index (κ2) is 5.50. The summed E-state index contributed by atoms with van der Waals surface area (Å²) in [4.78, 5) is 11.2. The van der Waals surface area contributed by atoms with Crippen molar-refractivity contribution < 1.29 is 4.42 Å². The molecular formula is C14H18O2. The number of allylic oxidation sites excluding steroid dienone is 3. The van der Waals surface area contributed by atoms with E-state index >= 15 is 0 Å². The molecule has 0 N–H and O–H groups in total. The Bertz CT molecular complexity index is 462. The maximum Gasteiger partial charge on any atom is 0.336 e. The van der Waals surface area contributed by atoms with Crippen LogP contribution >= 0.6 is 0 Å². The Morgan fingerprint density at radius 3 is 2.50 bits per heavy atom. The summed E-state index contributed by atoms with van der Waals surface area (Å²) in [6, 6.07) is 3.30. The van der Waals surface area contributed by atoms with Crippen molar-refractivity contribution in [1.82, 2.24) is 0 Å². The van der Waals surface area contributed by atoms with Crippen LogP contribution in [-0.4, -0.2) is 0 Å². The molecule has 0 aliphatic rings. The van der Waals surface area contributed by atoms with Gasteiger partial charge in [-0.1, -0.05) is 26.0 Å². The summed E-state index contributed by atoms with van der Waals surface area (Å²) < 4.78 is 5.20. The van der Waals surface area contributed by atoms with Crippen LogP contribution in [0.15, 0.2) is 33.5 Å². The highest BCUT2D eigenvalue weighted by Gasteiger charge is 2.11. The third-order valence-corrected chi connectivity index (χ3v) is 2.42. The van der Waals surface area contributed by atoms with Gasteiger partial charge in [0, 0.05) is 11.6 Å². The Balaban J connectivity index is 3.37. The molecule has 0 saturated heterocycles. The van der Waals surface area contributed by atoms with Crippen molar-refractivity contribution in [3.63, 3.8) is 0 Å². The highest BCUT2D eigenvalue weighted by Crippen LogP contribution is 2.25. The highest BCUT2D eigenvalue weighted by molar-refractivity contribution is 5.72. The summed E-state index contributed by atoms with van der Waals surface area (Å²) in [5, 5.41) is 0. The van der Waals surface area contributed by atoms with Crippen LogP contribution in [0.5, 0.6) is 0 Å². The van der Waals surface area contributed by atoms with Gasteiger partial charge in [-0.2, -0.15) is 0 Å². The van der Waals surface area contributed by atoms with E-state index in [-0.39, 0.29) is 5.63 Å². The average Bonchev–Trinajstić information content (AvgIpc) is 2.22. The largest absolute Gasteiger partial charge is 0.423 e. The van der Waals surface area contributed by atoms with Crippen LogP contribution in [0.3, 0.4) is 0 Å². The minimum atomic E-state index is -0.309. The van der Waals surface area contributed by atoms with E-state index in [0.717, 1.165) is 5.56 Å². The first-order valence-corrected chi connectivity index (χ1v) is 5.53. The van der Waals surface area contributed by atoms with E-state index in [1.165, 1.54) is 11.6 Å². The molecule has 1 heterocycles.